The highest BCUT2D eigenvalue weighted by Gasteiger charge is 2.28. The van der Waals surface area contributed by atoms with Gasteiger partial charge in [-0.25, -0.2) is 5.84 Å². The molecule has 2 nitrogen and oxygen atoms in total. The Bertz CT molecular complexity index is 415. The van der Waals surface area contributed by atoms with Gasteiger partial charge in [-0.05, 0) is 30.4 Å². The molecule has 0 fully saturated rings. The number of rotatable bonds is 4. The maximum atomic E-state index is 6.27. The van der Waals surface area contributed by atoms with E-state index < -0.39 is 0 Å². The first-order valence-corrected chi connectivity index (χ1v) is 6.57. The van der Waals surface area contributed by atoms with E-state index in [1.54, 1.807) is 0 Å². The predicted molar refractivity (Wildman–Crippen MR) is 79.8 cm³/mol. The largest absolute Gasteiger partial charge is 0.308 e. The third kappa shape index (κ3) is 3.36. The second-order valence-electron chi connectivity index (χ2n) is 6.01. The molecule has 0 spiro atoms. The fourth-order valence-corrected chi connectivity index (χ4v) is 2.39. The predicted octanol–water partition coefficient (Wildman–Crippen LogP) is 3.97. The summed E-state index contributed by atoms with van der Waals surface area (Å²) in [6.07, 6.45) is 1.00. The number of hydrogen-bond acceptors (Lipinski definition) is 2. The van der Waals surface area contributed by atoms with Gasteiger partial charge in [0.15, 0.2) is 0 Å². The van der Waals surface area contributed by atoms with Crippen molar-refractivity contribution in [2.24, 2.45) is 11.3 Å². The first kappa shape index (κ1) is 14.8. The van der Waals surface area contributed by atoms with Crippen molar-refractivity contribution < 1.29 is 0 Å². The third-order valence-corrected chi connectivity index (χ3v) is 3.39. The first-order valence-electron chi connectivity index (χ1n) is 6.57. The maximum absolute atomic E-state index is 6.27. The van der Waals surface area contributed by atoms with Crippen LogP contribution >= 0.6 is 0 Å². The van der Waals surface area contributed by atoms with Crippen LogP contribution in [0.2, 0.25) is 0 Å². The third-order valence-electron chi connectivity index (χ3n) is 3.39. The molecule has 0 heterocycles. The van der Waals surface area contributed by atoms with Gasteiger partial charge in [0, 0.05) is 6.04 Å². The van der Waals surface area contributed by atoms with Gasteiger partial charge in [-0.1, -0.05) is 58.0 Å². The molecule has 0 bridgehead atoms. The lowest BCUT2D eigenvalue weighted by Crippen LogP contribution is -2.46. The quantitative estimate of drug-likeness (QED) is 0.643. The minimum absolute atomic E-state index is 0.135. The van der Waals surface area contributed by atoms with Crippen LogP contribution < -0.4 is 5.84 Å². The molecule has 1 aromatic carbocycles. The number of hydrogen-bond donors (Lipinski definition) is 1. The summed E-state index contributed by atoms with van der Waals surface area (Å²) >= 11 is 0. The topological polar surface area (TPSA) is 29.3 Å². The molecule has 0 aliphatic heterocycles. The molecule has 0 aliphatic carbocycles. The molecule has 0 saturated heterocycles. The highest BCUT2D eigenvalue weighted by atomic mass is 15.4. The van der Waals surface area contributed by atoms with Crippen molar-refractivity contribution in [1.29, 1.82) is 0 Å². The summed E-state index contributed by atoms with van der Waals surface area (Å²) in [7, 11) is 0. The average molecular weight is 246 g/mol. The van der Waals surface area contributed by atoms with Crippen LogP contribution in [0.15, 0.2) is 30.8 Å². The van der Waals surface area contributed by atoms with Crippen molar-refractivity contribution in [3.63, 3.8) is 0 Å². The van der Waals surface area contributed by atoms with E-state index in [0.29, 0.717) is 0 Å². The lowest BCUT2D eigenvalue weighted by atomic mass is 9.84. The minimum atomic E-state index is 0.135. The highest BCUT2D eigenvalue weighted by molar-refractivity contribution is 5.62. The molecule has 2 N–H and O–H groups in total. The van der Waals surface area contributed by atoms with Crippen molar-refractivity contribution in [2.75, 3.05) is 0 Å². The Morgan fingerprint density at radius 3 is 2.44 bits per heavy atom. The monoisotopic (exact) mass is 246 g/mol. The molecular formula is C16H26N2. The summed E-state index contributed by atoms with van der Waals surface area (Å²) in [5, 5.41) is 1.83. The van der Waals surface area contributed by atoms with E-state index >= 15 is 0 Å². The molecular weight excluding hydrogens is 220 g/mol. The van der Waals surface area contributed by atoms with Crippen molar-refractivity contribution in [2.45, 2.75) is 47.1 Å². The number of aryl methyl sites for hydroxylation is 1. The van der Waals surface area contributed by atoms with Crippen LogP contribution in [-0.2, 0) is 0 Å². The molecule has 0 amide bonds. The zero-order valence-corrected chi connectivity index (χ0v) is 12.3. The molecule has 1 atom stereocenters. The fraction of sp³-hybridized carbons (Fsp3) is 0.500. The summed E-state index contributed by atoms with van der Waals surface area (Å²) in [5.74, 6) is 6.27. The minimum Gasteiger partial charge on any atom is -0.308 e. The Morgan fingerprint density at radius 2 is 2.00 bits per heavy atom. The van der Waals surface area contributed by atoms with Crippen molar-refractivity contribution in [1.82, 2.24) is 5.01 Å². The van der Waals surface area contributed by atoms with Crippen molar-refractivity contribution >= 4 is 5.70 Å². The molecule has 1 unspecified atom stereocenters. The molecule has 1 rings (SSSR count). The Hall–Kier alpha value is -1.28. The molecule has 18 heavy (non-hydrogen) atoms. The van der Waals surface area contributed by atoms with Gasteiger partial charge in [-0.3, -0.25) is 0 Å². The van der Waals surface area contributed by atoms with Crippen LogP contribution in [-0.4, -0.2) is 11.1 Å². The van der Waals surface area contributed by atoms with Crippen LogP contribution in [0, 0.1) is 12.3 Å². The smallest absolute Gasteiger partial charge is 0.0521 e. The van der Waals surface area contributed by atoms with Gasteiger partial charge in [0.1, 0.15) is 0 Å². The lowest BCUT2D eigenvalue weighted by Gasteiger charge is -2.39. The van der Waals surface area contributed by atoms with E-state index in [-0.39, 0.29) is 11.5 Å². The summed E-state index contributed by atoms with van der Waals surface area (Å²) in [6.45, 7) is 15.0. The number of nitrogens with zero attached hydrogens (tertiary/aromatic N) is 1. The van der Waals surface area contributed by atoms with Crippen LogP contribution in [0.5, 0.6) is 0 Å². The van der Waals surface area contributed by atoms with E-state index in [1.807, 2.05) is 11.1 Å². The summed E-state index contributed by atoms with van der Waals surface area (Å²) < 4.78 is 0. The van der Waals surface area contributed by atoms with Crippen molar-refractivity contribution in [3.05, 3.63) is 42.0 Å². The van der Waals surface area contributed by atoms with Crippen LogP contribution in [0.1, 0.15) is 45.2 Å². The van der Waals surface area contributed by atoms with Gasteiger partial charge < -0.3 is 5.01 Å². The van der Waals surface area contributed by atoms with E-state index in [0.717, 1.165) is 17.7 Å². The molecule has 2 heteroatoms. The standard InChI is InChI=1S/C16H26N2/c1-7-15(16(4,5)6)18(17)13(3)14-10-8-9-12(2)11-14/h8-11,15H,3,7,17H2,1-2,4-6H3. The second-order valence-corrected chi connectivity index (χ2v) is 6.01. The molecule has 0 aliphatic rings. The Morgan fingerprint density at radius 1 is 1.39 bits per heavy atom. The summed E-state index contributed by atoms with van der Waals surface area (Å²) in [6, 6.07) is 8.59. The molecule has 1 aromatic rings. The van der Waals surface area contributed by atoms with Gasteiger partial charge in [-0.2, -0.15) is 0 Å². The molecule has 100 valence electrons. The molecule has 0 aromatic heterocycles. The summed E-state index contributed by atoms with van der Waals surface area (Å²) in [4.78, 5) is 0. The number of benzene rings is 1. The highest BCUT2D eigenvalue weighted by Crippen LogP contribution is 2.29. The Labute approximate surface area is 111 Å². The Balaban J connectivity index is 2.96. The van der Waals surface area contributed by atoms with Crippen LogP contribution in [0.25, 0.3) is 5.70 Å². The number of hydrazine groups is 1. The van der Waals surface area contributed by atoms with Gasteiger partial charge >= 0.3 is 0 Å². The van der Waals surface area contributed by atoms with E-state index in [1.165, 1.54) is 5.56 Å². The maximum Gasteiger partial charge on any atom is 0.0521 e. The zero-order chi connectivity index (χ0) is 13.9. The van der Waals surface area contributed by atoms with Gasteiger partial charge in [0.2, 0.25) is 0 Å². The second kappa shape index (κ2) is 5.57. The molecule has 0 radical (unpaired) electrons. The average Bonchev–Trinajstić information content (AvgIpc) is 2.26. The van der Waals surface area contributed by atoms with E-state index in [2.05, 4.69) is 59.4 Å². The Kier molecular flexibility index (Phi) is 4.58. The van der Waals surface area contributed by atoms with Gasteiger partial charge in [0.05, 0.1) is 5.70 Å². The number of nitrogens with two attached hydrogens (primary N) is 1. The zero-order valence-electron chi connectivity index (χ0n) is 12.3. The van der Waals surface area contributed by atoms with Gasteiger partial charge in [0.25, 0.3) is 0 Å². The lowest BCUT2D eigenvalue weighted by molar-refractivity contribution is 0.153. The van der Waals surface area contributed by atoms with Crippen LogP contribution in [0.4, 0.5) is 0 Å². The van der Waals surface area contributed by atoms with E-state index in [4.69, 9.17) is 5.84 Å². The van der Waals surface area contributed by atoms with Gasteiger partial charge in [-0.15, -0.1) is 0 Å². The fourth-order valence-electron chi connectivity index (χ4n) is 2.39. The SMILES string of the molecule is C=C(c1cccc(C)c1)N(N)C(CC)C(C)(C)C. The summed E-state index contributed by atoms with van der Waals surface area (Å²) in [5.41, 5.74) is 3.35. The van der Waals surface area contributed by atoms with Crippen molar-refractivity contribution in [3.8, 4) is 0 Å². The first-order chi connectivity index (χ1) is 8.27. The van der Waals surface area contributed by atoms with E-state index in [9.17, 15) is 0 Å². The van der Waals surface area contributed by atoms with Crippen LogP contribution in [0.3, 0.4) is 0 Å². The molecule has 0 saturated carbocycles. The normalized spacial score (nSPS) is 13.2.